The predicted molar refractivity (Wildman–Crippen MR) is 58.9 cm³/mol. The van der Waals surface area contributed by atoms with E-state index in [1.165, 1.54) is 0 Å². The first-order chi connectivity index (χ1) is 9.26. The summed E-state index contributed by atoms with van der Waals surface area (Å²) in [5.41, 5.74) is -1.95. The molecule has 5 nitrogen and oxygen atoms in total. The van der Waals surface area contributed by atoms with Crippen molar-refractivity contribution in [2.45, 2.75) is 26.4 Å². The second-order valence-electron chi connectivity index (χ2n) is 3.63. The lowest BCUT2D eigenvalue weighted by Crippen LogP contribution is -2.23. The van der Waals surface area contributed by atoms with Gasteiger partial charge in [0.2, 0.25) is 5.88 Å². The first-order valence-corrected chi connectivity index (χ1v) is 5.49. The Bertz CT molecular complexity index is 538. The van der Waals surface area contributed by atoms with Gasteiger partial charge in [-0.1, -0.05) is 0 Å². The van der Waals surface area contributed by atoms with Crippen molar-refractivity contribution in [3.8, 4) is 5.88 Å². The number of aromatic amines is 1. The van der Waals surface area contributed by atoms with Gasteiger partial charge < -0.3 is 14.5 Å². The molecule has 0 unspecified atom stereocenters. The van der Waals surface area contributed by atoms with Gasteiger partial charge >= 0.3 is 12.3 Å². The Morgan fingerprint density at radius 1 is 1.40 bits per heavy atom. The molecule has 0 saturated heterocycles. The highest BCUT2D eigenvalue weighted by atomic mass is 19.4. The van der Waals surface area contributed by atoms with E-state index in [4.69, 9.17) is 0 Å². The molecule has 1 rings (SSSR count). The van der Waals surface area contributed by atoms with Gasteiger partial charge in [-0.2, -0.15) is 0 Å². The molecule has 1 heterocycles. The monoisotopic (exact) mass is 297 g/mol. The van der Waals surface area contributed by atoms with E-state index in [0.29, 0.717) is 0 Å². The highest BCUT2D eigenvalue weighted by molar-refractivity contribution is 5.72. The van der Waals surface area contributed by atoms with Crippen molar-refractivity contribution in [1.29, 1.82) is 0 Å². The lowest BCUT2D eigenvalue weighted by Gasteiger charge is -2.12. The third-order valence-electron chi connectivity index (χ3n) is 2.14. The number of ether oxygens (including phenoxy) is 2. The molecule has 0 spiro atoms. The Hall–Kier alpha value is -2.06. The van der Waals surface area contributed by atoms with Crippen molar-refractivity contribution < 1.29 is 31.8 Å². The van der Waals surface area contributed by atoms with Gasteiger partial charge in [0.25, 0.3) is 0 Å². The Morgan fingerprint density at radius 3 is 2.55 bits per heavy atom. The van der Waals surface area contributed by atoms with Crippen LogP contribution in [-0.2, 0) is 22.6 Å². The zero-order valence-corrected chi connectivity index (χ0v) is 10.3. The van der Waals surface area contributed by atoms with Crippen LogP contribution in [-0.4, -0.2) is 23.9 Å². The number of alkyl halides is 4. The van der Waals surface area contributed by atoms with Crippen molar-refractivity contribution >= 4 is 5.97 Å². The summed E-state index contributed by atoms with van der Waals surface area (Å²) in [5, 5.41) is 0. The summed E-state index contributed by atoms with van der Waals surface area (Å²) in [7, 11) is 0. The Kier molecular flexibility index (Phi) is 5.12. The summed E-state index contributed by atoms with van der Waals surface area (Å²) >= 11 is 0. The molecular weight excluding hydrogens is 286 g/mol. The van der Waals surface area contributed by atoms with Gasteiger partial charge in [-0.15, -0.1) is 13.2 Å². The maximum Gasteiger partial charge on any atom is 0.574 e. The molecule has 0 aliphatic rings. The Morgan fingerprint density at radius 2 is 2.05 bits per heavy atom. The number of rotatable bonds is 5. The molecule has 0 atom stereocenters. The molecule has 112 valence electrons. The van der Waals surface area contributed by atoms with Crippen molar-refractivity contribution in [3.63, 3.8) is 0 Å². The van der Waals surface area contributed by atoms with Crippen molar-refractivity contribution in [1.82, 2.24) is 4.98 Å². The van der Waals surface area contributed by atoms with Gasteiger partial charge in [-0.05, 0) is 6.92 Å². The third-order valence-corrected chi connectivity index (χ3v) is 2.14. The largest absolute Gasteiger partial charge is 0.574 e. The molecular formula is C11H11F4NO4. The number of carbonyl (C=O) groups is 1. The summed E-state index contributed by atoms with van der Waals surface area (Å²) in [6.07, 6.45) is -5.54. The van der Waals surface area contributed by atoms with Gasteiger partial charge in [0.05, 0.1) is 18.6 Å². The van der Waals surface area contributed by atoms with E-state index >= 15 is 0 Å². The fourth-order valence-electron chi connectivity index (χ4n) is 1.41. The van der Waals surface area contributed by atoms with Gasteiger partial charge in [-0.3, -0.25) is 9.59 Å². The fourth-order valence-corrected chi connectivity index (χ4v) is 1.41. The van der Waals surface area contributed by atoms with Crippen LogP contribution in [0.25, 0.3) is 0 Å². The molecule has 0 aliphatic heterocycles. The number of nitrogens with one attached hydrogen (secondary N) is 1. The molecule has 0 fully saturated rings. The van der Waals surface area contributed by atoms with Gasteiger partial charge in [-0.25, -0.2) is 4.39 Å². The average molecular weight is 297 g/mol. The summed E-state index contributed by atoms with van der Waals surface area (Å²) in [4.78, 5) is 24.7. The second kappa shape index (κ2) is 6.40. The number of hydrogen-bond acceptors (Lipinski definition) is 4. The van der Waals surface area contributed by atoms with Crippen molar-refractivity contribution in [2.75, 3.05) is 6.61 Å². The van der Waals surface area contributed by atoms with Crippen LogP contribution in [0.2, 0.25) is 0 Å². The lowest BCUT2D eigenvalue weighted by atomic mass is 10.2. The molecule has 20 heavy (non-hydrogen) atoms. The predicted octanol–water partition coefficient (Wildman–Crippen LogP) is 1.85. The number of halogens is 4. The molecule has 9 heteroatoms. The summed E-state index contributed by atoms with van der Waals surface area (Å²) in [6, 6.07) is 0.828. The molecule has 0 radical (unpaired) electrons. The first kappa shape index (κ1) is 16.0. The van der Waals surface area contributed by atoms with E-state index in [2.05, 4.69) is 14.5 Å². The fraction of sp³-hybridized carbons (Fsp3) is 0.455. The van der Waals surface area contributed by atoms with Crippen LogP contribution >= 0.6 is 0 Å². The van der Waals surface area contributed by atoms with Gasteiger partial charge in [0.15, 0.2) is 5.43 Å². The van der Waals surface area contributed by atoms with E-state index in [1.54, 1.807) is 6.92 Å². The maximum absolute atomic E-state index is 12.6. The first-order valence-electron chi connectivity index (χ1n) is 5.49. The summed E-state index contributed by atoms with van der Waals surface area (Å²) in [5.74, 6) is -1.80. The number of esters is 1. The van der Waals surface area contributed by atoms with Crippen LogP contribution in [0.15, 0.2) is 10.9 Å². The maximum atomic E-state index is 12.6. The zero-order valence-electron chi connectivity index (χ0n) is 10.3. The molecule has 1 aromatic heterocycles. The van der Waals surface area contributed by atoms with Crippen LogP contribution in [0.4, 0.5) is 17.6 Å². The standard InChI is InChI=1S/C11H11F4NO4/c1-2-19-9(18)4-6-3-8(17)7(5-12)10(16-6)20-11(13,14)15/h3H,2,4-5H2,1H3,(H,16,17). The molecule has 1 N–H and O–H groups in total. The summed E-state index contributed by atoms with van der Waals surface area (Å²) < 4.78 is 57.1. The number of aromatic nitrogens is 1. The van der Waals surface area contributed by atoms with Crippen molar-refractivity contribution in [3.05, 3.63) is 27.5 Å². The number of pyridine rings is 1. The Balaban J connectivity index is 3.11. The van der Waals surface area contributed by atoms with Crippen LogP contribution in [0, 0.1) is 0 Å². The molecule has 0 aliphatic carbocycles. The van der Waals surface area contributed by atoms with Gasteiger partial charge in [0.1, 0.15) is 6.67 Å². The SMILES string of the molecule is CCOC(=O)Cc1cc(=O)c(CF)c(OC(F)(F)F)[nH]1. The number of H-pyrrole nitrogens is 1. The molecule has 1 aromatic rings. The molecule has 0 bridgehead atoms. The quantitative estimate of drug-likeness (QED) is 0.665. The molecule has 0 aromatic carbocycles. The normalized spacial score (nSPS) is 11.2. The minimum atomic E-state index is -5.09. The number of hydrogen-bond donors (Lipinski definition) is 1. The zero-order chi connectivity index (χ0) is 15.3. The third kappa shape index (κ3) is 4.56. The highest BCUT2D eigenvalue weighted by Gasteiger charge is 2.33. The van der Waals surface area contributed by atoms with Gasteiger partial charge in [0, 0.05) is 11.8 Å². The lowest BCUT2D eigenvalue weighted by molar-refractivity contribution is -0.276. The van der Waals surface area contributed by atoms with E-state index < -0.39 is 42.3 Å². The van der Waals surface area contributed by atoms with Crippen molar-refractivity contribution in [2.24, 2.45) is 0 Å². The van der Waals surface area contributed by atoms with Crippen LogP contribution in [0.3, 0.4) is 0 Å². The second-order valence-corrected chi connectivity index (χ2v) is 3.63. The Labute approximate surface area is 110 Å². The molecule has 0 saturated carbocycles. The van der Waals surface area contributed by atoms with E-state index in [0.717, 1.165) is 6.07 Å². The minimum absolute atomic E-state index is 0.0809. The van der Waals surface area contributed by atoms with Crippen LogP contribution in [0.5, 0.6) is 5.88 Å². The topological polar surface area (TPSA) is 68.4 Å². The summed E-state index contributed by atoms with van der Waals surface area (Å²) in [6.45, 7) is 0.197. The van der Waals surface area contributed by atoms with E-state index in [9.17, 15) is 27.2 Å². The van der Waals surface area contributed by atoms with Crippen LogP contribution in [0.1, 0.15) is 18.2 Å². The van der Waals surface area contributed by atoms with Crippen LogP contribution < -0.4 is 10.2 Å². The minimum Gasteiger partial charge on any atom is -0.466 e. The highest BCUT2D eigenvalue weighted by Crippen LogP contribution is 2.23. The van der Waals surface area contributed by atoms with E-state index in [-0.39, 0.29) is 12.3 Å². The average Bonchev–Trinajstić information content (AvgIpc) is 2.26. The van der Waals surface area contributed by atoms with E-state index in [1.807, 2.05) is 0 Å². The smallest absolute Gasteiger partial charge is 0.466 e. The molecule has 0 amide bonds. The number of carbonyl (C=O) groups excluding carboxylic acids is 1.